The Morgan fingerprint density at radius 3 is 2.42 bits per heavy atom. The summed E-state index contributed by atoms with van der Waals surface area (Å²) in [4.78, 5) is 16.9. The highest BCUT2D eigenvalue weighted by Gasteiger charge is 2.22. The average molecular weight is 452 g/mol. The minimum absolute atomic E-state index is 0.162. The first-order valence-corrected chi connectivity index (χ1v) is 12.3. The Balaban J connectivity index is 1.18. The molecule has 0 atom stereocenters. The van der Waals surface area contributed by atoms with Crippen LogP contribution in [-0.2, 0) is 17.6 Å². The van der Waals surface area contributed by atoms with E-state index in [1.807, 2.05) is 17.0 Å². The summed E-state index contributed by atoms with van der Waals surface area (Å²) in [5.74, 6) is 1.08. The van der Waals surface area contributed by atoms with Crippen LogP contribution >= 0.6 is 0 Å². The molecule has 0 unspecified atom stereocenters. The third-order valence-electron chi connectivity index (χ3n) is 6.95. The zero-order valence-corrected chi connectivity index (χ0v) is 19.7. The lowest BCUT2D eigenvalue weighted by Gasteiger charge is -2.34. The summed E-state index contributed by atoms with van der Waals surface area (Å²) in [6, 6.07) is 17.3. The van der Waals surface area contributed by atoms with Gasteiger partial charge in [0.2, 0.25) is 5.91 Å². The van der Waals surface area contributed by atoms with E-state index in [4.69, 9.17) is 4.74 Å². The first-order valence-electron chi connectivity index (χ1n) is 12.3. The molecule has 0 saturated carbocycles. The van der Waals surface area contributed by atoms with Crippen LogP contribution in [0.4, 0.5) is 5.69 Å². The van der Waals surface area contributed by atoms with Crippen LogP contribution in [0.25, 0.3) is 0 Å². The molecule has 6 nitrogen and oxygen atoms in total. The molecule has 0 aliphatic carbocycles. The minimum Gasteiger partial charge on any atom is -0.497 e. The van der Waals surface area contributed by atoms with Crippen LogP contribution in [0.2, 0.25) is 0 Å². The van der Waals surface area contributed by atoms with E-state index in [2.05, 4.69) is 46.6 Å². The molecule has 2 aliphatic rings. The van der Waals surface area contributed by atoms with E-state index in [-0.39, 0.29) is 12.0 Å². The summed E-state index contributed by atoms with van der Waals surface area (Å²) >= 11 is 0. The van der Waals surface area contributed by atoms with Crippen LogP contribution in [0.5, 0.6) is 5.75 Å². The number of carbonyl (C=O) groups is 1. The van der Waals surface area contributed by atoms with Crippen LogP contribution in [0.15, 0.2) is 48.5 Å². The summed E-state index contributed by atoms with van der Waals surface area (Å²) in [5.41, 5.74) is 3.60. The van der Waals surface area contributed by atoms with E-state index in [0.717, 1.165) is 50.2 Å². The number of rotatable bonds is 8. The predicted molar refractivity (Wildman–Crippen MR) is 132 cm³/mol. The number of hydrogen-bond acceptors (Lipinski definition) is 5. The molecule has 2 heterocycles. The zero-order chi connectivity index (χ0) is 23.0. The maximum absolute atomic E-state index is 12.5. The van der Waals surface area contributed by atoms with Crippen molar-refractivity contribution < 1.29 is 14.6 Å². The Hall–Kier alpha value is -2.57. The van der Waals surface area contributed by atoms with Gasteiger partial charge in [-0.05, 0) is 74.0 Å². The fourth-order valence-electron chi connectivity index (χ4n) is 4.82. The van der Waals surface area contributed by atoms with Gasteiger partial charge in [0, 0.05) is 37.9 Å². The molecule has 2 aliphatic heterocycles. The van der Waals surface area contributed by atoms with Gasteiger partial charge < -0.3 is 25.0 Å². The van der Waals surface area contributed by atoms with Crippen LogP contribution in [0.1, 0.15) is 36.8 Å². The van der Waals surface area contributed by atoms with Crippen molar-refractivity contribution in [2.45, 2.75) is 50.7 Å². The molecule has 2 saturated heterocycles. The highest BCUT2D eigenvalue weighted by atomic mass is 16.5. The Morgan fingerprint density at radius 2 is 1.73 bits per heavy atom. The maximum Gasteiger partial charge on any atom is 0.226 e. The van der Waals surface area contributed by atoms with Gasteiger partial charge >= 0.3 is 0 Å². The molecule has 0 radical (unpaired) electrons. The van der Waals surface area contributed by atoms with Crippen LogP contribution < -0.4 is 15.0 Å². The second-order valence-corrected chi connectivity index (χ2v) is 9.27. The van der Waals surface area contributed by atoms with Gasteiger partial charge in [-0.25, -0.2) is 0 Å². The van der Waals surface area contributed by atoms with Gasteiger partial charge in [0.25, 0.3) is 0 Å². The van der Waals surface area contributed by atoms with Crippen LogP contribution in [-0.4, -0.2) is 67.9 Å². The molecule has 4 rings (SSSR count). The number of aliphatic hydroxyl groups is 1. The number of aliphatic hydroxyl groups excluding tert-OH is 1. The van der Waals surface area contributed by atoms with Crippen molar-refractivity contribution in [3.05, 3.63) is 59.7 Å². The number of nitrogens with zero attached hydrogens (tertiary/aromatic N) is 2. The molecular formula is C27H37N3O3. The molecule has 33 heavy (non-hydrogen) atoms. The summed E-state index contributed by atoms with van der Waals surface area (Å²) in [7, 11) is 1.71. The van der Waals surface area contributed by atoms with E-state index in [1.54, 1.807) is 7.11 Å². The number of carbonyl (C=O) groups excluding carboxylic acids is 1. The molecule has 2 aromatic rings. The highest BCUT2D eigenvalue weighted by molar-refractivity contribution is 5.79. The van der Waals surface area contributed by atoms with Gasteiger partial charge in [0.15, 0.2) is 0 Å². The zero-order valence-electron chi connectivity index (χ0n) is 19.7. The lowest BCUT2D eigenvalue weighted by Crippen LogP contribution is -2.43. The Bertz CT molecular complexity index is 886. The molecule has 2 fully saturated rings. The molecule has 1 amide bonds. The number of amides is 1. The van der Waals surface area contributed by atoms with Crippen molar-refractivity contribution in [2.75, 3.05) is 44.7 Å². The fraction of sp³-hybridized carbons (Fsp3) is 0.519. The van der Waals surface area contributed by atoms with Gasteiger partial charge in [-0.1, -0.05) is 24.3 Å². The van der Waals surface area contributed by atoms with Crippen molar-refractivity contribution in [1.29, 1.82) is 0 Å². The molecule has 178 valence electrons. The number of ether oxygens (including phenoxy) is 1. The summed E-state index contributed by atoms with van der Waals surface area (Å²) in [6.07, 6.45) is 4.86. The molecular weight excluding hydrogens is 414 g/mol. The van der Waals surface area contributed by atoms with Crippen molar-refractivity contribution in [2.24, 2.45) is 0 Å². The van der Waals surface area contributed by atoms with E-state index >= 15 is 0 Å². The van der Waals surface area contributed by atoms with Crippen molar-refractivity contribution in [1.82, 2.24) is 10.2 Å². The molecule has 2 aromatic carbocycles. The Kier molecular flexibility index (Phi) is 8.24. The lowest BCUT2D eigenvalue weighted by molar-refractivity contribution is -0.132. The number of benzene rings is 2. The summed E-state index contributed by atoms with van der Waals surface area (Å²) < 4.78 is 5.31. The first kappa shape index (κ1) is 23.6. The summed E-state index contributed by atoms with van der Waals surface area (Å²) in [6.45, 7) is 4.41. The van der Waals surface area contributed by atoms with Gasteiger partial charge in [-0.3, -0.25) is 4.79 Å². The van der Waals surface area contributed by atoms with Crippen molar-refractivity contribution in [3.8, 4) is 5.75 Å². The molecule has 0 spiro atoms. The number of hydrogen-bond donors (Lipinski definition) is 2. The quantitative estimate of drug-likeness (QED) is 0.646. The van der Waals surface area contributed by atoms with E-state index < -0.39 is 0 Å². The standard InChI is InChI=1S/C27H37N3O3/c1-33-26-4-2-3-21(19-26)9-14-28-23-10-15-29(16-11-23)24-7-5-22(6-8-24)20-27(32)30-17-12-25(31)13-18-30/h2-8,19,23,25,28,31H,9-18,20H2,1H3. The minimum atomic E-state index is -0.249. The normalized spacial score (nSPS) is 17.9. The smallest absolute Gasteiger partial charge is 0.226 e. The first-order chi connectivity index (χ1) is 16.1. The topological polar surface area (TPSA) is 65.0 Å². The number of likely N-dealkylation sites (tertiary alicyclic amines) is 1. The molecule has 2 N–H and O–H groups in total. The van der Waals surface area contributed by atoms with Gasteiger partial charge in [-0.2, -0.15) is 0 Å². The predicted octanol–water partition coefficient (Wildman–Crippen LogP) is 3.02. The van der Waals surface area contributed by atoms with Crippen molar-refractivity contribution >= 4 is 11.6 Å². The number of methoxy groups -OCH3 is 1. The number of nitrogens with one attached hydrogen (secondary N) is 1. The molecule has 6 heteroatoms. The van der Waals surface area contributed by atoms with E-state index in [1.165, 1.54) is 11.3 Å². The third kappa shape index (κ3) is 6.71. The second kappa shape index (κ2) is 11.5. The monoisotopic (exact) mass is 451 g/mol. The van der Waals surface area contributed by atoms with Gasteiger partial charge in [0.1, 0.15) is 5.75 Å². The fourth-order valence-corrected chi connectivity index (χ4v) is 4.82. The second-order valence-electron chi connectivity index (χ2n) is 9.27. The SMILES string of the molecule is COc1cccc(CCNC2CCN(c3ccc(CC(=O)N4CCC(O)CC4)cc3)CC2)c1. The third-order valence-corrected chi connectivity index (χ3v) is 6.95. The highest BCUT2D eigenvalue weighted by Crippen LogP contribution is 2.22. The van der Waals surface area contributed by atoms with Crippen LogP contribution in [0, 0.1) is 0 Å². The van der Waals surface area contributed by atoms with Crippen molar-refractivity contribution in [3.63, 3.8) is 0 Å². The number of anilines is 1. The van der Waals surface area contributed by atoms with Gasteiger partial charge in [-0.15, -0.1) is 0 Å². The largest absolute Gasteiger partial charge is 0.497 e. The summed E-state index contributed by atoms with van der Waals surface area (Å²) in [5, 5.41) is 13.3. The number of piperidine rings is 2. The van der Waals surface area contributed by atoms with Crippen LogP contribution in [0.3, 0.4) is 0 Å². The lowest BCUT2D eigenvalue weighted by atomic mass is 10.0. The Labute approximate surface area is 197 Å². The van der Waals surface area contributed by atoms with Gasteiger partial charge in [0.05, 0.1) is 19.6 Å². The molecule has 0 aromatic heterocycles. The average Bonchev–Trinajstić information content (AvgIpc) is 2.85. The molecule has 0 bridgehead atoms. The van der Waals surface area contributed by atoms with E-state index in [0.29, 0.717) is 38.4 Å². The maximum atomic E-state index is 12.5. The van der Waals surface area contributed by atoms with E-state index in [9.17, 15) is 9.90 Å². The Morgan fingerprint density at radius 1 is 1.00 bits per heavy atom.